The molecule has 0 radical (unpaired) electrons. The Morgan fingerprint density at radius 3 is 2.47 bits per heavy atom. The molecule has 1 aromatic carbocycles. The smallest absolute Gasteiger partial charge is 0.227 e. The Bertz CT molecular complexity index is 361. The number of carbonyl (C=O) groups excluding carboxylic acids is 1. The highest BCUT2D eigenvalue weighted by molar-refractivity contribution is 5.78. The number of rotatable bonds is 5. The predicted molar refractivity (Wildman–Crippen MR) is 66.0 cm³/mol. The van der Waals surface area contributed by atoms with E-state index in [1.807, 2.05) is 31.2 Å². The number of benzene rings is 1. The molecule has 0 aromatic heterocycles. The molecule has 0 spiro atoms. The lowest BCUT2D eigenvalue weighted by Crippen LogP contribution is -2.38. The van der Waals surface area contributed by atoms with Gasteiger partial charge >= 0.3 is 0 Å². The summed E-state index contributed by atoms with van der Waals surface area (Å²) in [4.78, 5) is 13.4. The van der Waals surface area contributed by atoms with Crippen molar-refractivity contribution in [1.29, 1.82) is 0 Å². The molecule has 1 amide bonds. The molecule has 94 valence electrons. The maximum atomic E-state index is 11.9. The average Bonchev–Trinajstić information content (AvgIpc) is 2.37. The van der Waals surface area contributed by atoms with Gasteiger partial charge in [0, 0.05) is 7.05 Å². The van der Waals surface area contributed by atoms with Gasteiger partial charge in [0.25, 0.3) is 0 Å². The number of methoxy groups -OCH3 is 1. The van der Waals surface area contributed by atoms with Crippen LogP contribution in [0.15, 0.2) is 24.3 Å². The van der Waals surface area contributed by atoms with Crippen molar-refractivity contribution in [3.8, 4) is 5.75 Å². The molecule has 0 fully saturated rings. The lowest BCUT2D eigenvalue weighted by Gasteiger charge is -2.23. The van der Waals surface area contributed by atoms with Crippen molar-refractivity contribution in [2.24, 2.45) is 0 Å². The van der Waals surface area contributed by atoms with Gasteiger partial charge in [-0.2, -0.15) is 0 Å². The summed E-state index contributed by atoms with van der Waals surface area (Å²) >= 11 is 0. The van der Waals surface area contributed by atoms with E-state index in [0.29, 0.717) is 6.42 Å². The van der Waals surface area contributed by atoms with E-state index in [-0.39, 0.29) is 18.6 Å². The summed E-state index contributed by atoms with van der Waals surface area (Å²) in [6.45, 7) is 1.79. The monoisotopic (exact) mass is 237 g/mol. The van der Waals surface area contributed by atoms with Gasteiger partial charge in [-0.25, -0.2) is 0 Å². The lowest BCUT2D eigenvalue weighted by atomic mass is 10.1. The molecular weight excluding hydrogens is 218 g/mol. The fourth-order valence-corrected chi connectivity index (χ4v) is 1.41. The summed E-state index contributed by atoms with van der Waals surface area (Å²) in [6.07, 6.45) is 0.338. The van der Waals surface area contributed by atoms with E-state index in [9.17, 15) is 4.79 Å². The number of aliphatic hydroxyl groups excluding tert-OH is 1. The second-order valence-electron chi connectivity index (χ2n) is 4.06. The summed E-state index contributed by atoms with van der Waals surface area (Å²) in [6, 6.07) is 7.25. The summed E-state index contributed by atoms with van der Waals surface area (Å²) in [7, 11) is 3.31. The Morgan fingerprint density at radius 2 is 2.00 bits per heavy atom. The number of ether oxygens (including phenoxy) is 1. The van der Waals surface area contributed by atoms with Crippen LogP contribution in [-0.2, 0) is 11.2 Å². The molecule has 0 bridgehead atoms. The second-order valence-corrected chi connectivity index (χ2v) is 4.06. The third kappa shape index (κ3) is 3.75. The molecular formula is C13H19NO3. The van der Waals surface area contributed by atoms with Crippen LogP contribution in [0.25, 0.3) is 0 Å². The average molecular weight is 237 g/mol. The predicted octanol–water partition coefficient (Wildman–Crippen LogP) is 1.08. The van der Waals surface area contributed by atoms with Crippen molar-refractivity contribution in [1.82, 2.24) is 4.90 Å². The van der Waals surface area contributed by atoms with Gasteiger partial charge < -0.3 is 14.7 Å². The molecule has 1 aromatic rings. The van der Waals surface area contributed by atoms with Gasteiger partial charge in [0.15, 0.2) is 0 Å². The van der Waals surface area contributed by atoms with E-state index < -0.39 is 0 Å². The lowest BCUT2D eigenvalue weighted by molar-refractivity contribution is -0.131. The first-order valence-electron chi connectivity index (χ1n) is 5.58. The van der Waals surface area contributed by atoms with Crippen molar-refractivity contribution in [2.75, 3.05) is 20.8 Å². The van der Waals surface area contributed by atoms with Crippen molar-refractivity contribution in [3.05, 3.63) is 29.8 Å². The highest BCUT2D eigenvalue weighted by atomic mass is 16.5. The molecule has 0 saturated heterocycles. The first kappa shape index (κ1) is 13.5. The van der Waals surface area contributed by atoms with Crippen LogP contribution in [0.2, 0.25) is 0 Å². The zero-order valence-corrected chi connectivity index (χ0v) is 10.5. The number of hydrogen-bond acceptors (Lipinski definition) is 3. The summed E-state index contributed by atoms with van der Waals surface area (Å²) in [5.74, 6) is 0.773. The zero-order chi connectivity index (χ0) is 12.8. The number of amides is 1. The second kappa shape index (κ2) is 6.25. The van der Waals surface area contributed by atoms with Gasteiger partial charge in [0.2, 0.25) is 5.91 Å². The molecule has 1 atom stereocenters. The highest BCUT2D eigenvalue weighted by Crippen LogP contribution is 2.12. The van der Waals surface area contributed by atoms with Crippen LogP contribution in [0.3, 0.4) is 0 Å². The third-order valence-electron chi connectivity index (χ3n) is 2.83. The van der Waals surface area contributed by atoms with Crippen molar-refractivity contribution in [2.45, 2.75) is 19.4 Å². The fraction of sp³-hybridized carbons (Fsp3) is 0.462. The van der Waals surface area contributed by atoms with Crippen molar-refractivity contribution < 1.29 is 14.6 Å². The number of nitrogens with zero attached hydrogens (tertiary/aromatic N) is 1. The normalized spacial score (nSPS) is 12.0. The third-order valence-corrected chi connectivity index (χ3v) is 2.83. The number of likely N-dealkylation sites (N-methyl/N-ethyl adjacent to an activating group) is 1. The van der Waals surface area contributed by atoms with Gasteiger partial charge in [-0.15, -0.1) is 0 Å². The molecule has 1 unspecified atom stereocenters. The van der Waals surface area contributed by atoms with E-state index in [1.54, 1.807) is 19.1 Å². The first-order chi connectivity index (χ1) is 8.08. The van der Waals surface area contributed by atoms with Crippen LogP contribution in [-0.4, -0.2) is 42.7 Å². The van der Waals surface area contributed by atoms with E-state index in [2.05, 4.69) is 0 Å². The molecule has 0 heterocycles. The zero-order valence-electron chi connectivity index (χ0n) is 10.5. The Labute approximate surface area is 102 Å². The molecule has 0 saturated carbocycles. The summed E-state index contributed by atoms with van der Waals surface area (Å²) < 4.78 is 5.05. The van der Waals surface area contributed by atoms with Crippen LogP contribution < -0.4 is 4.74 Å². The van der Waals surface area contributed by atoms with Crippen LogP contribution in [0.1, 0.15) is 12.5 Å². The highest BCUT2D eigenvalue weighted by Gasteiger charge is 2.14. The minimum atomic E-state index is -0.152. The largest absolute Gasteiger partial charge is 0.497 e. The molecule has 0 aliphatic carbocycles. The summed E-state index contributed by atoms with van der Waals surface area (Å²) in [5, 5.41) is 8.98. The number of hydrogen-bond donors (Lipinski definition) is 1. The van der Waals surface area contributed by atoms with Crippen molar-refractivity contribution in [3.63, 3.8) is 0 Å². The van der Waals surface area contributed by atoms with Crippen LogP contribution in [0.5, 0.6) is 5.75 Å². The Balaban J connectivity index is 2.61. The fourth-order valence-electron chi connectivity index (χ4n) is 1.41. The SMILES string of the molecule is COc1ccc(CC(=O)N(C)C(C)CO)cc1. The Hall–Kier alpha value is -1.55. The molecule has 0 aliphatic heterocycles. The van der Waals surface area contributed by atoms with E-state index in [4.69, 9.17) is 9.84 Å². The topological polar surface area (TPSA) is 49.8 Å². The quantitative estimate of drug-likeness (QED) is 0.833. The first-order valence-corrected chi connectivity index (χ1v) is 5.58. The molecule has 0 aliphatic rings. The van der Waals surface area contributed by atoms with Gasteiger partial charge in [0.05, 0.1) is 26.2 Å². The molecule has 17 heavy (non-hydrogen) atoms. The Kier molecular flexibility index (Phi) is 4.97. The number of carbonyl (C=O) groups is 1. The molecule has 4 heteroatoms. The molecule has 4 nitrogen and oxygen atoms in total. The van der Waals surface area contributed by atoms with Crippen molar-refractivity contribution >= 4 is 5.91 Å². The van der Waals surface area contributed by atoms with E-state index in [0.717, 1.165) is 11.3 Å². The van der Waals surface area contributed by atoms with Gasteiger partial charge in [0.1, 0.15) is 5.75 Å². The van der Waals surface area contributed by atoms with Gasteiger partial charge in [-0.1, -0.05) is 12.1 Å². The maximum absolute atomic E-state index is 11.9. The van der Waals surface area contributed by atoms with Crippen LogP contribution in [0.4, 0.5) is 0 Å². The minimum absolute atomic E-state index is 0.00304. The van der Waals surface area contributed by atoms with E-state index in [1.165, 1.54) is 0 Å². The van der Waals surface area contributed by atoms with Crippen LogP contribution in [0, 0.1) is 0 Å². The molecule has 1 N–H and O–H groups in total. The summed E-state index contributed by atoms with van der Waals surface area (Å²) in [5.41, 5.74) is 0.938. The standard InChI is InChI=1S/C13H19NO3/c1-10(9-15)14(2)13(16)8-11-4-6-12(17-3)7-5-11/h4-7,10,15H,8-9H2,1-3H3. The van der Waals surface area contributed by atoms with E-state index >= 15 is 0 Å². The molecule has 1 rings (SSSR count). The maximum Gasteiger partial charge on any atom is 0.227 e. The Morgan fingerprint density at radius 1 is 1.41 bits per heavy atom. The van der Waals surface area contributed by atoms with Gasteiger partial charge in [-0.3, -0.25) is 4.79 Å². The van der Waals surface area contributed by atoms with Gasteiger partial charge in [-0.05, 0) is 24.6 Å². The minimum Gasteiger partial charge on any atom is -0.497 e. The number of aliphatic hydroxyl groups is 1. The van der Waals surface area contributed by atoms with Crippen LogP contribution >= 0.6 is 0 Å².